The number of halogens is 3. The van der Waals surface area contributed by atoms with Crippen LogP contribution in [-0.2, 0) is 22.3 Å². The van der Waals surface area contributed by atoms with Gasteiger partial charge in [0.05, 0.1) is 12.1 Å². The number of nitrogens with zero attached hydrogens (tertiary/aromatic N) is 1. The number of hydrogen-bond acceptors (Lipinski definition) is 2. The molecule has 2 amide bonds. The SMILES string of the molecule is CC(=O)NCC(=O)N(Cc1ccccc1C(F)(F)F)C1CCCC1. The summed E-state index contributed by atoms with van der Waals surface area (Å²) in [4.78, 5) is 24.9. The molecule has 0 aliphatic heterocycles. The summed E-state index contributed by atoms with van der Waals surface area (Å²) in [6.07, 6.45) is -0.996. The van der Waals surface area contributed by atoms with Gasteiger partial charge >= 0.3 is 6.18 Å². The smallest absolute Gasteiger partial charge is 0.347 e. The molecule has 1 N–H and O–H groups in total. The second-order valence-electron chi connectivity index (χ2n) is 6.02. The Morgan fingerprint density at radius 3 is 2.42 bits per heavy atom. The van der Waals surface area contributed by atoms with Crippen molar-refractivity contribution in [2.45, 2.75) is 51.4 Å². The van der Waals surface area contributed by atoms with E-state index in [0.29, 0.717) is 0 Å². The second-order valence-corrected chi connectivity index (χ2v) is 6.02. The van der Waals surface area contributed by atoms with Gasteiger partial charge < -0.3 is 10.2 Å². The molecule has 1 aliphatic rings. The average Bonchev–Trinajstić information content (AvgIpc) is 3.03. The van der Waals surface area contributed by atoms with Gasteiger partial charge in [-0.3, -0.25) is 9.59 Å². The van der Waals surface area contributed by atoms with Crippen LogP contribution in [0.3, 0.4) is 0 Å². The van der Waals surface area contributed by atoms with Gasteiger partial charge in [0.25, 0.3) is 0 Å². The van der Waals surface area contributed by atoms with E-state index in [2.05, 4.69) is 5.32 Å². The van der Waals surface area contributed by atoms with Gasteiger partial charge in [-0.2, -0.15) is 13.2 Å². The molecule has 0 saturated heterocycles. The minimum absolute atomic E-state index is 0.0763. The second kappa shape index (κ2) is 7.68. The van der Waals surface area contributed by atoms with Gasteiger partial charge in [-0.15, -0.1) is 0 Å². The van der Waals surface area contributed by atoms with Crippen molar-refractivity contribution in [3.8, 4) is 0 Å². The Bertz CT molecular complexity index is 596. The highest BCUT2D eigenvalue weighted by molar-refractivity contribution is 5.84. The molecule has 0 radical (unpaired) electrons. The molecule has 1 saturated carbocycles. The molecule has 1 aromatic rings. The van der Waals surface area contributed by atoms with Crippen LogP contribution >= 0.6 is 0 Å². The van der Waals surface area contributed by atoms with Crippen LogP contribution in [0.4, 0.5) is 13.2 Å². The lowest BCUT2D eigenvalue weighted by molar-refractivity contribution is -0.140. The van der Waals surface area contributed by atoms with Gasteiger partial charge in [-0.1, -0.05) is 31.0 Å². The number of rotatable bonds is 5. The van der Waals surface area contributed by atoms with Gasteiger partial charge in [-0.05, 0) is 24.5 Å². The lowest BCUT2D eigenvalue weighted by atomic mass is 10.0. The van der Waals surface area contributed by atoms with Gasteiger partial charge in [0.1, 0.15) is 0 Å². The first-order chi connectivity index (χ1) is 11.3. The van der Waals surface area contributed by atoms with Crippen molar-refractivity contribution < 1.29 is 22.8 Å². The van der Waals surface area contributed by atoms with E-state index in [0.717, 1.165) is 31.7 Å². The number of alkyl halides is 3. The summed E-state index contributed by atoms with van der Waals surface area (Å²) in [5.74, 6) is -0.695. The summed E-state index contributed by atoms with van der Waals surface area (Å²) in [5.41, 5.74) is -0.645. The topological polar surface area (TPSA) is 49.4 Å². The van der Waals surface area contributed by atoms with E-state index in [4.69, 9.17) is 0 Å². The predicted molar refractivity (Wildman–Crippen MR) is 82.9 cm³/mol. The van der Waals surface area contributed by atoms with Crippen molar-refractivity contribution in [1.82, 2.24) is 10.2 Å². The van der Waals surface area contributed by atoms with Gasteiger partial charge in [0.15, 0.2) is 0 Å². The summed E-state index contributed by atoms with van der Waals surface area (Å²) in [6.45, 7) is 1.00. The van der Waals surface area contributed by atoms with E-state index in [-0.39, 0.29) is 36.5 Å². The number of carbonyl (C=O) groups is 2. The molecule has 24 heavy (non-hydrogen) atoms. The highest BCUT2D eigenvalue weighted by Crippen LogP contribution is 2.33. The molecule has 4 nitrogen and oxygen atoms in total. The van der Waals surface area contributed by atoms with Crippen LogP contribution < -0.4 is 5.32 Å². The van der Waals surface area contributed by atoms with E-state index >= 15 is 0 Å². The zero-order valence-electron chi connectivity index (χ0n) is 13.5. The van der Waals surface area contributed by atoms with Crippen LogP contribution in [0.15, 0.2) is 24.3 Å². The number of amides is 2. The Balaban J connectivity index is 2.22. The number of nitrogens with one attached hydrogen (secondary N) is 1. The van der Waals surface area contributed by atoms with Crippen LogP contribution in [-0.4, -0.2) is 29.3 Å². The van der Waals surface area contributed by atoms with Crippen molar-refractivity contribution in [2.75, 3.05) is 6.54 Å². The predicted octanol–water partition coefficient (Wildman–Crippen LogP) is 3.11. The Labute approximate surface area is 139 Å². The first-order valence-corrected chi connectivity index (χ1v) is 7.98. The van der Waals surface area contributed by atoms with Crippen LogP contribution in [0, 0.1) is 0 Å². The quantitative estimate of drug-likeness (QED) is 0.894. The maximum absolute atomic E-state index is 13.2. The van der Waals surface area contributed by atoms with Crippen molar-refractivity contribution in [3.05, 3.63) is 35.4 Å². The van der Waals surface area contributed by atoms with Crippen molar-refractivity contribution in [2.24, 2.45) is 0 Å². The zero-order chi connectivity index (χ0) is 17.7. The van der Waals surface area contributed by atoms with Crippen LogP contribution in [0.25, 0.3) is 0 Å². The standard InChI is InChI=1S/C17H21F3N2O2/c1-12(23)21-10-16(24)22(14-7-3-4-8-14)11-13-6-2-5-9-15(13)17(18,19)20/h2,5-6,9,14H,3-4,7-8,10-11H2,1H3,(H,21,23). The van der Waals surface area contributed by atoms with E-state index < -0.39 is 11.7 Å². The van der Waals surface area contributed by atoms with E-state index in [1.54, 1.807) is 0 Å². The summed E-state index contributed by atoms with van der Waals surface area (Å²) in [6, 6.07) is 5.23. The first kappa shape index (κ1) is 18.3. The molecule has 1 aliphatic carbocycles. The molecule has 2 rings (SSSR count). The highest BCUT2D eigenvalue weighted by Gasteiger charge is 2.35. The maximum atomic E-state index is 13.2. The summed E-state index contributed by atoms with van der Waals surface area (Å²) < 4.78 is 39.5. The molecule has 132 valence electrons. The van der Waals surface area contributed by atoms with E-state index in [1.807, 2.05) is 0 Å². The first-order valence-electron chi connectivity index (χ1n) is 7.98. The normalized spacial score (nSPS) is 15.3. The highest BCUT2D eigenvalue weighted by atomic mass is 19.4. The molecule has 0 bridgehead atoms. The van der Waals surface area contributed by atoms with Crippen molar-refractivity contribution in [1.29, 1.82) is 0 Å². The molecular formula is C17H21F3N2O2. The molecule has 7 heteroatoms. The molecular weight excluding hydrogens is 321 g/mol. The Kier molecular flexibility index (Phi) is 5.85. The maximum Gasteiger partial charge on any atom is 0.416 e. The third-order valence-corrected chi connectivity index (χ3v) is 4.24. The molecule has 0 aromatic heterocycles. The fourth-order valence-corrected chi connectivity index (χ4v) is 3.06. The molecule has 0 unspecified atom stereocenters. The van der Waals surface area contributed by atoms with Crippen LogP contribution in [0.1, 0.15) is 43.7 Å². The number of carbonyl (C=O) groups excluding carboxylic acids is 2. The number of hydrogen-bond donors (Lipinski definition) is 1. The summed E-state index contributed by atoms with van der Waals surface area (Å²) in [7, 11) is 0. The third-order valence-electron chi connectivity index (χ3n) is 4.24. The monoisotopic (exact) mass is 342 g/mol. The summed E-state index contributed by atoms with van der Waals surface area (Å²) in [5, 5.41) is 2.43. The van der Waals surface area contributed by atoms with Gasteiger partial charge in [0.2, 0.25) is 11.8 Å². The molecule has 0 spiro atoms. The fourth-order valence-electron chi connectivity index (χ4n) is 3.06. The van der Waals surface area contributed by atoms with Gasteiger partial charge in [0, 0.05) is 19.5 Å². The van der Waals surface area contributed by atoms with Crippen molar-refractivity contribution in [3.63, 3.8) is 0 Å². The minimum atomic E-state index is -4.46. The molecule has 1 fully saturated rings. The van der Waals surface area contributed by atoms with Crippen LogP contribution in [0.5, 0.6) is 0 Å². The molecule has 1 aromatic carbocycles. The van der Waals surface area contributed by atoms with E-state index in [1.165, 1.54) is 30.0 Å². The van der Waals surface area contributed by atoms with Crippen LogP contribution in [0.2, 0.25) is 0 Å². The Hall–Kier alpha value is -2.05. The van der Waals surface area contributed by atoms with Crippen molar-refractivity contribution >= 4 is 11.8 Å². The van der Waals surface area contributed by atoms with E-state index in [9.17, 15) is 22.8 Å². The average molecular weight is 342 g/mol. The lowest BCUT2D eigenvalue weighted by Gasteiger charge is -2.30. The zero-order valence-corrected chi connectivity index (χ0v) is 13.5. The lowest BCUT2D eigenvalue weighted by Crippen LogP contribution is -2.44. The Morgan fingerprint density at radius 1 is 1.21 bits per heavy atom. The summed E-state index contributed by atoms with van der Waals surface area (Å²) >= 11 is 0. The van der Waals surface area contributed by atoms with Gasteiger partial charge in [-0.25, -0.2) is 0 Å². The third kappa shape index (κ3) is 4.72. The Morgan fingerprint density at radius 2 is 1.83 bits per heavy atom. The molecule has 0 heterocycles. The fraction of sp³-hybridized carbons (Fsp3) is 0.529. The largest absolute Gasteiger partial charge is 0.416 e. The molecule has 0 atom stereocenters. The number of benzene rings is 1. The minimum Gasteiger partial charge on any atom is -0.347 e.